The van der Waals surface area contributed by atoms with E-state index in [0.29, 0.717) is 11.1 Å². The van der Waals surface area contributed by atoms with Crippen LogP contribution < -0.4 is 10.2 Å². The average Bonchev–Trinajstić information content (AvgIpc) is 4.13. The first-order valence-electron chi connectivity index (χ1n) is 17.6. The number of benzene rings is 4. The second-order valence-electron chi connectivity index (χ2n) is 12.2. The summed E-state index contributed by atoms with van der Waals surface area (Å²) in [6, 6.07) is 18.4. The van der Waals surface area contributed by atoms with Crippen LogP contribution in [0.15, 0.2) is 135 Å². The fourth-order valence-electron chi connectivity index (χ4n) is 5.36. The minimum Gasteiger partial charge on any atom is -0.545 e. The maximum atomic E-state index is 11.1. The molecule has 0 unspecified atom stereocenters. The third kappa shape index (κ3) is 12.7. The third-order valence-corrected chi connectivity index (χ3v) is 8.30. The van der Waals surface area contributed by atoms with Crippen LogP contribution in [0.1, 0.15) is 62.1 Å². The van der Waals surface area contributed by atoms with Crippen LogP contribution in [0.3, 0.4) is 0 Å². The van der Waals surface area contributed by atoms with E-state index in [1.54, 1.807) is 49.6 Å². The van der Waals surface area contributed by atoms with Crippen molar-refractivity contribution in [3.05, 3.63) is 168 Å². The van der Waals surface area contributed by atoms with Crippen LogP contribution in [0.2, 0.25) is 0 Å². The fourth-order valence-corrected chi connectivity index (χ4v) is 5.36. The number of aromatic amines is 4. The second-order valence-corrected chi connectivity index (χ2v) is 12.2. The molecule has 0 aliphatic heterocycles. The standard InChI is InChI=1S/2C15H10O6.2C6H6N4.Cd/c2*16-13(17)9-3-1-8(2-4-9)11-6-5-10(14(18)19)7-12(11)15(20)21;2*1-2-8-5(7-1)6-9-3-4-10-6;/h2*1-7H,(H,16,17)(H,18,19)(H,20,21);2*1-4H,(H,7,8)(H,9,10);/q;;;;+2/p-2. The van der Waals surface area contributed by atoms with Crippen molar-refractivity contribution in [1.82, 2.24) is 39.9 Å². The number of nitrogens with one attached hydrogen (secondary N) is 4. The van der Waals surface area contributed by atoms with Gasteiger partial charge in [-0.25, -0.2) is 39.1 Å². The summed E-state index contributed by atoms with van der Waals surface area (Å²) in [5.74, 6) is -4.61. The Hall–Kier alpha value is -8.54. The van der Waals surface area contributed by atoms with Crippen LogP contribution in [0.5, 0.6) is 0 Å². The molecule has 0 radical (unpaired) electrons. The summed E-state index contributed by atoms with van der Waals surface area (Å²) >= 11 is 0. The van der Waals surface area contributed by atoms with E-state index in [2.05, 4.69) is 39.9 Å². The predicted molar refractivity (Wildman–Crippen MR) is 213 cm³/mol. The van der Waals surface area contributed by atoms with Gasteiger partial charge in [0, 0.05) is 60.7 Å². The summed E-state index contributed by atoms with van der Waals surface area (Å²) in [5, 5.41) is 57.7. The number of carbonyl (C=O) groups is 6. The summed E-state index contributed by atoms with van der Waals surface area (Å²) in [5.41, 5.74) is 0.698. The molecule has 4 heterocycles. The Labute approximate surface area is 374 Å². The molecule has 8 N–H and O–H groups in total. The van der Waals surface area contributed by atoms with Crippen LogP contribution in [0.4, 0.5) is 0 Å². The summed E-state index contributed by atoms with van der Waals surface area (Å²) in [4.78, 5) is 93.3. The van der Waals surface area contributed by atoms with Crippen LogP contribution in [0.25, 0.3) is 45.6 Å². The number of nitrogens with zero attached hydrogens (tertiary/aromatic N) is 4. The molecule has 21 heteroatoms. The van der Waals surface area contributed by atoms with Gasteiger partial charge in [-0.2, -0.15) is 0 Å². The molecular weight excluding hydrogens is 921 g/mol. The number of imidazole rings is 4. The number of carbonyl (C=O) groups excluding carboxylic acids is 2. The number of hydrogen-bond donors (Lipinski definition) is 8. The van der Waals surface area contributed by atoms with Gasteiger partial charge in [-0.05, 0) is 70.8 Å². The van der Waals surface area contributed by atoms with Gasteiger partial charge in [-0.15, -0.1) is 0 Å². The van der Waals surface area contributed by atoms with Gasteiger partial charge in [0.15, 0.2) is 23.3 Å². The summed E-state index contributed by atoms with van der Waals surface area (Å²) < 4.78 is 0. The Morgan fingerprint density at radius 1 is 0.397 bits per heavy atom. The van der Waals surface area contributed by atoms with Crippen molar-refractivity contribution < 1.29 is 86.7 Å². The quantitative estimate of drug-likeness (QED) is 0.0903. The number of carboxylic acids is 6. The van der Waals surface area contributed by atoms with Crippen molar-refractivity contribution in [2.24, 2.45) is 0 Å². The first-order chi connectivity index (χ1) is 29.7. The van der Waals surface area contributed by atoms with E-state index < -0.39 is 35.8 Å². The van der Waals surface area contributed by atoms with Crippen molar-refractivity contribution in [3.8, 4) is 45.6 Å². The molecule has 0 spiro atoms. The molecule has 63 heavy (non-hydrogen) atoms. The fraction of sp³-hybridized carbons (Fsp3) is 0. The Kier molecular flexibility index (Phi) is 16.6. The van der Waals surface area contributed by atoms with Gasteiger partial charge in [0.2, 0.25) is 0 Å². The minimum absolute atomic E-state index is 0. The van der Waals surface area contributed by atoms with Crippen molar-refractivity contribution >= 4 is 35.8 Å². The minimum atomic E-state index is -1.50. The number of aromatic carboxylic acids is 6. The van der Waals surface area contributed by atoms with Gasteiger partial charge in [-0.3, -0.25) is 0 Å². The van der Waals surface area contributed by atoms with Gasteiger partial charge in [0.1, 0.15) is 0 Å². The van der Waals surface area contributed by atoms with Gasteiger partial charge in [0.25, 0.3) is 0 Å². The Bertz CT molecular complexity index is 2540. The summed E-state index contributed by atoms with van der Waals surface area (Å²) in [6.45, 7) is 0. The second kappa shape index (κ2) is 22.2. The third-order valence-electron chi connectivity index (χ3n) is 8.30. The molecule has 0 saturated heterocycles. The van der Waals surface area contributed by atoms with E-state index in [4.69, 9.17) is 20.4 Å². The predicted octanol–water partition coefficient (Wildman–Crippen LogP) is 3.82. The number of rotatable bonds is 10. The van der Waals surface area contributed by atoms with Crippen LogP contribution in [-0.2, 0) is 27.3 Å². The SMILES string of the molecule is O=C(O)c1ccc(-c2ccc(C(=O)O)cc2C(=O)[O-])cc1.O=C(O)c1ccc(-c2ccc(C(=O)O)cc2C(=O)[O-])cc1.[Cd+2].c1c[nH]c(-c2ncc[nH]2)n1.c1c[nH]c(-c2ncc[nH]2)n1. The number of hydrogen-bond acceptors (Lipinski definition) is 12. The molecule has 0 amide bonds. The number of H-pyrrole nitrogens is 4. The van der Waals surface area contributed by atoms with E-state index in [1.165, 1.54) is 72.8 Å². The van der Waals surface area contributed by atoms with Gasteiger partial charge in [0.05, 0.1) is 34.2 Å². The van der Waals surface area contributed by atoms with Crippen molar-refractivity contribution in [2.45, 2.75) is 0 Å². The van der Waals surface area contributed by atoms with E-state index >= 15 is 0 Å². The first kappa shape index (κ1) is 47.1. The molecule has 0 saturated carbocycles. The molecule has 0 atom stereocenters. The number of aromatic nitrogens is 8. The molecule has 0 bridgehead atoms. The molecule has 8 rings (SSSR count). The Morgan fingerprint density at radius 2 is 0.651 bits per heavy atom. The van der Waals surface area contributed by atoms with Crippen molar-refractivity contribution in [1.29, 1.82) is 0 Å². The van der Waals surface area contributed by atoms with E-state index in [-0.39, 0.29) is 71.8 Å². The summed E-state index contributed by atoms with van der Waals surface area (Å²) in [7, 11) is 0. The largest absolute Gasteiger partial charge is 2.00 e. The topological polar surface area (TPSA) is 344 Å². The zero-order valence-corrected chi connectivity index (χ0v) is 36.3. The molecule has 0 fully saturated rings. The molecule has 20 nitrogen and oxygen atoms in total. The molecule has 0 aliphatic rings. The van der Waals surface area contributed by atoms with E-state index in [0.717, 1.165) is 35.4 Å². The Balaban J connectivity index is 0.000000193. The van der Waals surface area contributed by atoms with Gasteiger partial charge >= 0.3 is 51.2 Å². The van der Waals surface area contributed by atoms with E-state index in [1.807, 2.05) is 0 Å². The van der Waals surface area contributed by atoms with Gasteiger partial charge < -0.3 is 60.2 Å². The molecule has 4 aromatic carbocycles. The maximum Gasteiger partial charge on any atom is 2.00 e. The van der Waals surface area contributed by atoms with Crippen molar-refractivity contribution in [2.75, 3.05) is 0 Å². The Morgan fingerprint density at radius 3 is 0.857 bits per heavy atom. The number of carboxylic acid groups (broad SMARTS) is 6. The normalized spacial score (nSPS) is 9.90. The summed E-state index contributed by atoms with van der Waals surface area (Å²) in [6.07, 6.45) is 13.8. The molecule has 0 aliphatic carbocycles. The first-order valence-corrected chi connectivity index (χ1v) is 17.6. The van der Waals surface area contributed by atoms with Crippen LogP contribution >= 0.6 is 0 Å². The van der Waals surface area contributed by atoms with Crippen molar-refractivity contribution in [3.63, 3.8) is 0 Å². The van der Waals surface area contributed by atoms with Gasteiger partial charge in [-0.1, -0.05) is 36.4 Å². The molecule has 4 aromatic heterocycles. The smallest absolute Gasteiger partial charge is 0.545 e. The zero-order valence-electron chi connectivity index (χ0n) is 32.3. The molecule has 8 aromatic rings. The van der Waals surface area contributed by atoms with Crippen LogP contribution in [0, 0.1) is 0 Å². The maximum absolute atomic E-state index is 11.1. The molecular formula is C42H30CdN8O12. The van der Waals surface area contributed by atoms with E-state index in [9.17, 15) is 39.0 Å². The monoisotopic (exact) mass is 952 g/mol. The average molecular weight is 951 g/mol. The molecule has 312 valence electrons. The van der Waals surface area contributed by atoms with Crippen LogP contribution in [-0.4, -0.2) is 96.1 Å². The zero-order chi connectivity index (χ0) is 44.8.